The molecule has 6 bridgehead atoms. The maximum atomic E-state index is 12.3. The number of hydrogen-bond donors (Lipinski definition) is 1. The first-order valence-electron chi connectivity index (χ1n) is 26.2. The fraction of sp³-hybridized carbons (Fsp3) is 0.213. The predicted octanol–water partition coefficient (Wildman–Crippen LogP) is 16.0. The number of benzene rings is 7. The Labute approximate surface area is 395 Å². The van der Waals surface area contributed by atoms with E-state index in [0.717, 1.165) is 61.2 Å². The molecule has 0 unspecified atom stereocenters. The summed E-state index contributed by atoms with van der Waals surface area (Å²) in [6.45, 7) is 16.6. The molecule has 0 fully saturated rings. The van der Waals surface area contributed by atoms with Gasteiger partial charge in [0.25, 0.3) is 0 Å². The van der Waals surface area contributed by atoms with Crippen LogP contribution in [0.1, 0.15) is 99.7 Å². The number of imidazole rings is 1. The number of phenols is 1. The molecule has 4 heteroatoms. The Morgan fingerprint density at radius 3 is 2.14 bits per heavy atom. The minimum atomic E-state index is -2.59. The molecule has 11 rings (SSSR count). The van der Waals surface area contributed by atoms with Gasteiger partial charge in [-0.05, 0) is 145 Å². The minimum absolute atomic E-state index is 0.0343. The molecule has 0 saturated carbocycles. The van der Waals surface area contributed by atoms with E-state index in [0.29, 0.717) is 44.9 Å². The smallest absolute Gasteiger partial charge is 0.149 e. The molecule has 4 nitrogen and oxygen atoms in total. The molecule has 4 heterocycles. The fourth-order valence-corrected chi connectivity index (χ4v) is 9.43. The third-order valence-electron chi connectivity index (χ3n) is 13.2. The number of fused-ring (bicyclic) bond motifs is 3. The zero-order valence-electron chi connectivity index (χ0n) is 46.4. The molecule has 0 aliphatic carbocycles. The van der Waals surface area contributed by atoms with Gasteiger partial charge in [0.2, 0.25) is 0 Å². The van der Waals surface area contributed by atoms with Gasteiger partial charge in [0.15, 0.2) is 0 Å². The summed E-state index contributed by atoms with van der Waals surface area (Å²) in [7, 11) is 0. The lowest BCUT2D eigenvalue weighted by molar-refractivity contribution is 0.471. The van der Waals surface area contributed by atoms with Crippen molar-refractivity contribution < 1.29 is 16.1 Å². The number of aryl methyl sites for hydroxylation is 2. The van der Waals surface area contributed by atoms with Crippen LogP contribution < -0.4 is 0 Å². The zero-order valence-corrected chi connectivity index (χ0v) is 38.4. The Bertz CT molecular complexity index is 3730. The number of hydrogen-bond acceptors (Lipinski definition) is 3. The van der Waals surface area contributed by atoms with Gasteiger partial charge in [-0.1, -0.05) is 158 Å². The molecule has 0 amide bonds. The summed E-state index contributed by atoms with van der Waals surface area (Å²) in [4.78, 5) is 10.3. The standard InChI is InChI=1S/C61H57N3O/c1-37-29-42-25-26-53(37)64-54-24-16-22-49(43-31-44(34-46(33-43)59(3,4)5)52-35-40(27-28-62-52)39-17-12-11-13-18-39)56(54)63-58(64)50-36-47(30-38(2)57(50)65)61(9,10)45-20-14-19-41(32-45)48-21-15-23-51(55(42)48)60(6,7)8/h11-36,65H,1-10H3/i1D3,11D,12D,13D,17D,18D. The number of nitrogens with zero attached hydrogens (tertiary/aromatic N) is 3. The number of rotatable bonds is 3. The molecule has 0 saturated heterocycles. The highest BCUT2D eigenvalue weighted by Gasteiger charge is 2.30. The molecule has 1 N–H and O–H groups in total. The van der Waals surface area contributed by atoms with Crippen molar-refractivity contribution in [1.29, 1.82) is 0 Å². The predicted molar refractivity (Wildman–Crippen MR) is 272 cm³/mol. The third-order valence-corrected chi connectivity index (χ3v) is 13.2. The number of aromatic nitrogens is 3. The molecule has 7 aromatic carbocycles. The van der Waals surface area contributed by atoms with Gasteiger partial charge < -0.3 is 5.11 Å². The molecule has 0 spiro atoms. The number of pyridine rings is 1. The van der Waals surface area contributed by atoms with Crippen LogP contribution >= 0.6 is 0 Å². The SMILES string of the molecule is [2H]c1c([2H])c([2H])c(-c2ccnc(-c3cc(-c4cccc5c4nc4n5-c5ccc(cc5C([2H])([2H])[2H])-c5c(cccc5C(C)(C)C)-c5cccc(c5)C(C)(C)c5cc(C)c(O)c-4c5)cc(C(C)(C)C)c3)c2)c([2H])c1[2H]. The van der Waals surface area contributed by atoms with Crippen molar-refractivity contribution in [3.63, 3.8) is 0 Å². The van der Waals surface area contributed by atoms with E-state index in [9.17, 15) is 9.22 Å². The van der Waals surface area contributed by atoms with Gasteiger partial charge in [-0.15, -0.1) is 0 Å². The van der Waals surface area contributed by atoms with E-state index < -0.39 is 30.4 Å². The summed E-state index contributed by atoms with van der Waals surface area (Å²) in [6, 6.07) is 38.2. The highest BCUT2D eigenvalue weighted by atomic mass is 16.3. The van der Waals surface area contributed by atoms with Crippen LogP contribution in [0.3, 0.4) is 0 Å². The molecule has 65 heavy (non-hydrogen) atoms. The van der Waals surface area contributed by atoms with E-state index in [4.69, 9.17) is 16.8 Å². The quantitative estimate of drug-likeness (QED) is 0.193. The summed E-state index contributed by atoms with van der Waals surface area (Å²) in [5.41, 5.74) is 12.8. The van der Waals surface area contributed by atoms with Gasteiger partial charge in [-0.3, -0.25) is 9.55 Å². The molecule has 9 aromatic rings. The Morgan fingerprint density at radius 2 is 1.37 bits per heavy atom. The normalized spacial score (nSPS) is 15.2. The Hall–Kier alpha value is -7.04. The Balaban J connectivity index is 1.29. The van der Waals surface area contributed by atoms with E-state index in [1.807, 2.05) is 66.1 Å². The van der Waals surface area contributed by atoms with Crippen molar-refractivity contribution in [3.05, 3.63) is 191 Å². The van der Waals surface area contributed by atoms with Crippen molar-refractivity contribution in [2.45, 2.75) is 85.4 Å². The van der Waals surface area contributed by atoms with E-state index in [2.05, 4.69) is 110 Å². The van der Waals surface area contributed by atoms with Crippen LogP contribution in [0.2, 0.25) is 0 Å². The second-order valence-corrected chi connectivity index (χ2v) is 20.0. The highest BCUT2D eigenvalue weighted by Crippen LogP contribution is 2.47. The van der Waals surface area contributed by atoms with Crippen molar-refractivity contribution in [2.24, 2.45) is 0 Å². The monoisotopic (exact) mass is 856 g/mol. The van der Waals surface area contributed by atoms with Crippen LogP contribution in [-0.4, -0.2) is 19.6 Å². The topological polar surface area (TPSA) is 50.9 Å². The van der Waals surface area contributed by atoms with Crippen LogP contribution in [0.25, 0.3) is 83.9 Å². The maximum absolute atomic E-state index is 12.3. The van der Waals surface area contributed by atoms with Crippen LogP contribution in [0.5, 0.6) is 5.75 Å². The lowest BCUT2D eigenvalue weighted by atomic mass is 9.75. The van der Waals surface area contributed by atoms with Gasteiger partial charge in [-0.2, -0.15) is 0 Å². The molecule has 2 aliphatic heterocycles. The lowest BCUT2D eigenvalue weighted by Crippen LogP contribution is -2.19. The maximum Gasteiger partial charge on any atom is 0.149 e. The first kappa shape index (κ1) is 33.5. The molecule has 0 atom stereocenters. The van der Waals surface area contributed by atoms with Gasteiger partial charge >= 0.3 is 0 Å². The first-order chi connectivity index (χ1) is 34.2. The van der Waals surface area contributed by atoms with E-state index >= 15 is 0 Å². The largest absolute Gasteiger partial charge is 0.507 e. The van der Waals surface area contributed by atoms with Crippen LogP contribution in [0.4, 0.5) is 0 Å². The summed E-state index contributed by atoms with van der Waals surface area (Å²) in [5, 5.41) is 12.3. The van der Waals surface area contributed by atoms with E-state index in [1.54, 1.807) is 18.3 Å². The van der Waals surface area contributed by atoms with Crippen LogP contribution in [0.15, 0.2) is 158 Å². The summed E-state index contributed by atoms with van der Waals surface area (Å²) in [6.07, 6.45) is 1.59. The highest BCUT2D eigenvalue weighted by molar-refractivity contribution is 5.97. The van der Waals surface area contributed by atoms with Crippen molar-refractivity contribution in [2.75, 3.05) is 0 Å². The minimum Gasteiger partial charge on any atom is -0.507 e. The second kappa shape index (κ2) is 15.3. The summed E-state index contributed by atoms with van der Waals surface area (Å²) >= 11 is 0. The molecule has 2 aromatic heterocycles. The lowest BCUT2D eigenvalue weighted by Gasteiger charge is -2.29. The van der Waals surface area contributed by atoms with Gasteiger partial charge in [0.1, 0.15) is 11.6 Å². The molecular weight excluding hydrogens is 791 g/mol. The van der Waals surface area contributed by atoms with Crippen molar-refractivity contribution >= 4 is 11.0 Å². The third kappa shape index (κ3) is 7.26. The average Bonchev–Trinajstić information content (AvgIpc) is 3.74. The van der Waals surface area contributed by atoms with E-state index in [1.165, 1.54) is 0 Å². The number of aromatic hydroxyl groups is 1. The van der Waals surface area contributed by atoms with Gasteiger partial charge in [-0.25, -0.2) is 4.98 Å². The molecular formula is C61H57N3O. The molecule has 2 aliphatic rings. The number of para-hydroxylation sites is 1. The Kier molecular flexibility index (Phi) is 7.88. The first-order valence-corrected chi connectivity index (χ1v) is 22.2. The van der Waals surface area contributed by atoms with Crippen molar-refractivity contribution in [3.8, 4) is 78.6 Å². The molecule has 0 radical (unpaired) electrons. The summed E-state index contributed by atoms with van der Waals surface area (Å²) < 4.78 is 71.8. The van der Waals surface area contributed by atoms with Crippen LogP contribution in [-0.2, 0) is 16.2 Å². The summed E-state index contributed by atoms with van der Waals surface area (Å²) in [5.74, 6) is 0.408. The van der Waals surface area contributed by atoms with E-state index in [-0.39, 0.29) is 39.8 Å². The number of phenolic OH excluding ortho intramolecular Hbond substituents is 1. The average molecular weight is 856 g/mol. The van der Waals surface area contributed by atoms with Gasteiger partial charge in [0, 0.05) is 26.9 Å². The zero-order chi connectivity index (χ0) is 52.4. The van der Waals surface area contributed by atoms with Gasteiger partial charge in [0.05, 0.1) is 34.8 Å². The second-order valence-electron chi connectivity index (χ2n) is 20.0. The molecule has 322 valence electrons. The van der Waals surface area contributed by atoms with Crippen LogP contribution in [0, 0.1) is 13.8 Å². The van der Waals surface area contributed by atoms with Crippen molar-refractivity contribution in [1.82, 2.24) is 14.5 Å². The fourth-order valence-electron chi connectivity index (χ4n) is 9.43. The Morgan fingerprint density at radius 1 is 0.615 bits per heavy atom.